The van der Waals surface area contributed by atoms with E-state index in [1.807, 2.05) is 0 Å². The van der Waals surface area contributed by atoms with Crippen molar-refractivity contribution in [2.75, 3.05) is 0 Å². The third-order valence-corrected chi connectivity index (χ3v) is 3.02. The molecule has 2 atom stereocenters. The number of alkyl halides is 16. The van der Waals surface area contributed by atoms with Gasteiger partial charge in [-0.3, -0.25) is 0 Å². The maximum atomic E-state index is 13.4. The van der Waals surface area contributed by atoms with Crippen LogP contribution in [0.2, 0.25) is 0 Å². The molecule has 0 N–H and O–H groups in total. The lowest BCUT2D eigenvalue weighted by Gasteiger charge is -2.36. The Hall–Kier alpha value is -1.52. The molecule has 18 heteroatoms. The van der Waals surface area contributed by atoms with Gasteiger partial charge in [0.2, 0.25) is 12.0 Å². The Morgan fingerprint density at radius 2 is 0.821 bits per heavy atom. The zero-order chi connectivity index (χ0) is 23.3. The van der Waals surface area contributed by atoms with E-state index in [2.05, 4.69) is 0 Å². The molecule has 0 aliphatic heterocycles. The van der Waals surface area contributed by atoms with Crippen molar-refractivity contribution in [2.24, 2.45) is 0 Å². The van der Waals surface area contributed by atoms with E-state index in [1.54, 1.807) is 0 Å². The van der Waals surface area contributed by atoms with Gasteiger partial charge in [-0.2, -0.15) is 48.3 Å². The average Bonchev–Trinajstić information content (AvgIpc) is 2.47. The molecule has 28 heavy (non-hydrogen) atoms. The summed E-state index contributed by atoms with van der Waals surface area (Å²) in [5, 5.41) is 0. The summed E-state index contributed by atoms with van der Waals surface area (Å²) >= 11 is 0. The van der Waals surface area contributed by atoms with Crippen LogP contribution in [0.1, 0.15) is 0 Å². The first-order chi connectivity index (χ1) is 11.9. The molecule has 0 spiro atoms. The molecule has 0 aliphatic carbocycles. The van der Waals surface area contributed by atoms with Crippen LogP contribution in [0.25, 0.3) is 0 Å². The second-order valence-corrected chi connectivity index (χ2v) is 4.80. The van der Waals surface area contributed by atoms with Crippen LogP contribution in [0.5, 0.6) is 0 Å². The highest BCUT2D eigenvalue weighted by Gasteiger charge is 2.86. The van der Waals surface area contributed by atoms with Crippen LogP contribution >= 0.6 is 0 Å². The molecule has 0 saturated heterocycles. The Bertz CT molecular complexity index is 575. The minimum Gasteiger partial charge on any atom is -0.237 e. The summed E-state index contributed by atoms with van der Waals surface area (Å²) in [5.74, 6) is -18.6. The Kier molecular flexibility index (Phi) is 6.68. The first-order valence-corrected chi connectivity index (χ1v) is 5.86. The number of allylic oxidation sites excluding steroid dienone is 2. The zero-order valence-electron chi connectivity index (χ0n) is 12.0. The van der Waals surface area contributed by atoms with Crippen LogP contribution in [0.3, 0.4) is 0 Å². The monoisotopic (exact) mass is 464 g/mol. The number of rotatable bonds is 5. The second-order valence-electron chi connectivity index (χ2n) is 4.80. The van der Waals surface area contributed by atoms with Gasteiger partial charge in [0.25, 0.3) is 12.1 Å². The van der Waals surface area contributed by atoms with Crippen molar-refractivity contribution in [1.29, 1.82) is 0 Å². The maximum absolute atomic E-state index is 13.4. The number of halogens is 18. The summed E-state index contributed by atoms with van der Waals surface area (Å²) in [6.45, 7) is 0. The Morgan fingerprint density at radius 3 is 1.04 bits per heavy atom. The molecule has 168 valence electrons. The fourth-order valence-electron chi connectivity index (χ4n) is 1.54. The summed E-state index contributed by atoms with van der Waals surface area (Å²) < 4.78 is 226. The van der Waals surface area contributed by atoms with Crippen molar-refractivity contribution in [3.05, 3.63) is 11.7 Å². The Balaban J connectivity index is 7.06. The molecule has 0 amide bonds. The van der Waals surface area contributed by atoms with E-state index in [-0.39, 0.29) is 0 Å². The summed E-state index contributed by atoms with van der Waals surface area (Å²) in [6.07, 6.45) is -34.2. The molecule has 0 rings (SSSR count). The molecule has 0 aromatic heterocycles. The quantitative estimate of drug-likeness (QED) is 0.409. The van der Waals surface area contributed by atoms with Crippen LogP contribution in [-0.2, 0) is 0 Å². The third-order valence-electron chi connectivity index (χ3n) is 3.02. The summed E-state index contributed by atoms with van der Waals surface area (Å²) in [4.78, 5) is 0. The number of hydrogen-bond donors (Lipinski definition) is 0. The van der Waals surface area contributed by atoms with Gasteiger partial charge in [-0.25, -0.2) is 30.7 Å². The minimum atomic E-state index is -8.16. The lowest BCUT2D eigenvalue weighted by Crippen LogP contribution is -2.65. The van der Waals surface area contributed by atoms with Crippen molar-refractivity contribution in [2.45, 2.75) is 48.4 Å². The predicted molar refractivity (Wildman–Crippen MR) is 50.9 cm³/mol. The van der Waals surface area contributed by atoms with Crippen molar-refractivity contribution in [1.82, 2.24) is 0 Å². The zero-order valence-corrected chi connectivity index (χ0v) is 12.0. The maximum Gasteiger partial charge on any atom is 0.438 e. The second kappa shape index (κ2) is 7.07. The van der Waals surface area contributed by atoms with E-state index >= 15 is 0 Å². The number of hydrogen-bond acceptors (Lipinski definition) is 0. The summed E-state index contributed by atoms with van der Waals surface area (Å²) in [7, 11) is 0. The summed E-state index contributed by atoms with van der Waals surface area (Å²) in [5.41, 5.74) is -15.3. The molecule has 0 aliphatic rings. The largest absolute Gasteiger partial charge is 0.438 e. The lowest BCUT2D eigenvalue weighted by molar-refractivity contribution is -0.391. The van der Waals surface area contributed by atoms with Gasteiger partial charge in [0.05, 0.1) is 0 Å². The van der Waals surface area contributed by atoms with E-state index < -0.39 is 60.0 Å². The third kappa shape index (κ3) is 3.69. The summed E-state index contributed by atoms with van der Waals surface area (Å²) in [6, 6.07) is 0. The van der Waals surface area contributed by atoms with Gasteiger partial charge in [-0.1, -0.05) is 0 Å². The molecule has 0 aromatic carbocycles. The van der Waals surface area contributed by atoms with E-state index in [1.165, 1.54) is 0 Å². The van der Waals surface area contributed by atoms with Crippen LogP contribution in [-0.4, -0.2) is 48.4 Å². The molecule has 0 saturated carbocycles. The fourth-order valence-corrected chi connectivity index (χ4v) is 1.54. The van der Waals surface area contributed by atoms with Crippen molar-refractivity contribution >= 4 is 0 Å². The molecular weight excluding hydrogens is 462 g/mol. The first kappa shape index (κ1) is 26.5. The van der Waals surface area contributed by atoms with Gasteiger partial charge in [0, 0.05) is 0 Å². The van der Waals surface area contributed by atoms with Gasteiger partial charge >= 0.3 is 30.1 Å². The van der Waals surface area contributed by atoms with Crippen LogP contribution in [0.4, 0.5) is 79.0 Å². The normalized spacial score (nSPS) is 19.4. The van der Waals surface area contributed by atoms with Gasteiger partial charge in [0.15, 0.2) is 5.83 Å². The predicted octanol–water partition coefficient (Wildman–Crippen LogP) is 6.48. The van der Waals surface area contributed by atoms with Crippen LogP contribution in [0.15, 0.2) is 11.7 Å². The van der Waals surface area contributed by atoms with Crippen LogP contribution in [0, 0.1) is 0 Å². The molecule has 0 aromatic rings. The first-order valence-electron chi connectivity index (χ1n) is 5.86. The van der Waals surface area contributed by atoms with Crippen molar-refractivity contribution in [3.63, 3.8) is 0 Å². The highest BCUT2D eigenvalue weighted by molar-refractivity contribution is 5.29. The van der Waals surface area contributed by atoms with Gasteiger partial charge in [-0.15, -0.1) is 0 Å². The van der Waals surface area contributed by atoms with Crippen LogP contribution < -0.4 is 0 Å². The van der Waals surface area contributed by atoms with Crippen molar-refractivity contribution in [3.8, 4) is 0 Å². The van der Waals surface area contributed by atoms with Gasteiger partial charge in [-0.05, 0) is 0 Å². The topological polar surface area (TPSA) is 0 Å². The average molecular weight is 464 g/mol. The van der Waals surface area contributed by atoms with Gasteiger partial charge < -0.3 is 0 Å². The van der Waals surface area contributed by atoms with E-state index in [0.29, 0.717) is 0 Å². The smallest absolute Gasteiger partial charge is 0.237 e. The Labute approximate surface area is 140 Å². The molecule has 0 heterocycles. The van der Waals surface area contributed by atoms with E-state index in [4.69, 9.17) is 0 Å². The molecule has 0 nitrogen and oxygen atoms in total. The molecular formula is C10H2F18. The van der Waals surface area contributed by atoms with Gasteiger partial charge in [0.1, 0.15) is 0 Å². The minimum absolute atomic E-state index is 5.20. The SMILES string of the molecule is FC(=C(F)C(F)(C(F)C(F)F)C(F)(F)F)C(F)(F)C(F)(C(F)(F)F)C(F)(F)F. The highest BCUT2D eigenvalue weighted by Crippen LogP contribution is 2.59. The van der Waals surface area contributed by atoms with E-state index in [0.717, 1.165) is 0 Å². The molecule has 0 fully saturated rings. The lowest BCUT2D eigenvalue weighted by atomic mass is 9.90. The highest BCUT2D eigenvalue weighted by atomic mass is 19.4. The fraction of sp³-hybridized carbons (Fsp3) is 0.800. The molecule has 0 bridgehead atoms. The molecule has 2 unspecified atom stereocenters. The van der Waals surface area contributed by atoms with Crippen molar-refractivity contribution < 1.29 is 79.0 Å². The standard InChI is InChI=1S/C10H2F18/c11-1(5(16,8(20,21)22)3(13)4(14)15)2(12)6(17,18)7(19,9(23,24)25)10(26,27)28/h3-4H. The Morgan fingerprint density at radius 1 is 0.500 bits per heavy atom. The van der Waals surface area contributed by atoms with E-state index in [9.17, 15) is 79.0 Å². The molecule has 0 radical (unpaired) electrons.